The van der Waals surface area contributed by atoms with Gasteiger partial charge in [-0.2, -0.15) is 0 Å². The molecule has 0 aromatic carbocycles. The topological polar surface area (TPSA) is 278 Å². The van der Waals surface area contributed by atoms with Gasteiger partial charge in [0.25, 0.3) is 0 Å². The number of hydrogen-bond acceptors (Lipinski definition) is 8. The maximum absolute atomic E-state index is 12.8. The highest BCUT2D eigenvalue weighted by Crippen LogP contribution is 2.04. The van der Waals surface area contributed by atoms with Crippen LogP contribution in [0.15, 0.2) is 4.99 Å². The zero-order valence-electron chi connectivity index (χ0n) is 18.6. The SMILES string of the molecule is CC(N)C(=O)NC(CCCN=C(N)N)C(=O)NC(C(=O)NC(CCC(N)=O)C(=O)O)C(C)O. The molecule has 188 valence electrons. The van der Waals surface area contributed by atoms with Gasteiger partial charge in [-0.25, -0.2) is 4.79 Å². The van der Waals surface area contributed by atoms with Crippen LogP contribution in [0.2, 0.25) is 0 Å². The Hall–Kier alpha value is -3.46. The number of aliphatic hydroxyl groups is 1. The average molecular weight is 475 g/mol. The summed E-state index contributed by atoms with van der Waals surface area (Å²) in [6, 6.07) is -5.09. The molecule has 0 aliphatic rings. The summed E-state index contributed by atoms with van der Waals surface area (Å²) in [5.74, 6) is -4.80. The molecule has 0 saturated heterocycles. The monoisotopic (exact) mass is 474 g/mol. The summed E-state index contributed by atoms with van der Waals surface area (Å²) < 4.78 is 0. The zero-order valence-corrected chi connectivity index (χ0v) is 18.6. The summed E-state index contributed by atoms with van der Waals surface area (Å²) in [7, 11) is 0. The highest BCUT2D eigenvalue weighted by atomic mass is 16.4. The lowest BCUT2D eigenvalue weighted by Gasteiger charge is -2.26. The predicted molar refractivity (Wildman–Crippen MR) is 117 cm³/mol. The molecule has 0 heterocycles. The van der Waals surface area contributed by atoms with Crippen molar-refractivity contribution < 1.29 is 34.2 Å². The second-order valence-corrected chi connectivity index (χ2v) is 7.43. The van der Waals surface area contributed by atoms with E-state index < -0.39 is 59.9 Å². The molecule has 15 nitrogen and oxygen atoms in total. The number of hydrogen-bond donors (Lipinski definition) is 9. The minimum absolute atomic E-state index is 0.0750. The van der Waals surface area contributed by atoms with Gasteiger partial charge in [0.1, 0.15) is 18.1 Å². The van der Waals surface area contributed by atoms with Gasteiger partial charge in [0, 0.05) is 13.0 Å². The van der Waals surface area contributed by atoms with Gasteiger partial charge in [-0.05, 0) is 33.1 Å². The second kappa shape index (κ2) is 14.6. The second-order valence-electron chi connectivity index (χ2n) is 7.43. The van der Waals surface area contributed by atoms with Crippen molar-refractivity contribution in [1.29, 1.82) is 0 Å². The number of carbonyl (C=O) groups excluding carboxylic acids is 4. The van der Waals surface area contributed by atoms with Gasteiger partial charge >= 0.3 is 5.97 Å². The van der Waals surface area contributed by atoms with Gasteiger partial charge < -0.3 is 49.1 Å². The van der Waals surface area contributed by atoms with Gasteiger partial charge in [0.05, 0.1) is 12.1 Å². The number of carbonyl (C=O) groups is 5. The van der Waals surface area contributed by atoms with Crippen LogP contribution in [-0.2, 0) is 24.0 Å². The van der Waals surface area contributed by atoms with Crippen molar-refractivity contribution in [1.82, 2.24) is 16.0 Å². The molecule has 13 N–H and O–H groups in total. The van der Waals surface area contributed by atoms with E-state index in [1.165, 1.54) is 13.8 Å². The first-order valence-electron chi connectivity index (χ1n) is 10.2. The molecule has 0 aromatic heterocycles. The minimum Gasteiger partial charge on any atom is -0.480 e. The molecule has 5 atom stereocenters. The lowest BCUT2D eigenvalue weighted by atomic mass is 10.1. The molecular formula is C18H34N8O7. The Morgan fingerprint density at radius 2 is 1.45 bits per heavy atom. The van der Waals surface area contributed by atoms with Crippen LogP contribution in [0.5, 0.6) is 0 Å². The maximum Gasteiger partial charge on any atom is 0.326 e. The molecule has 0 fully saturated rings. The van der Waals surface area contributed by atoms with Crippen LogP contribution < -0.4 is 38.9 Å². The summed E-state index contributed by atoms with van der Waals surface area (Å²) in [5.41, 5.74) is 21.0. The Labute approximate surface area is 190 Å². The first-order chi connectivity index (χ1) is 15.3. The van der Waals surface area contributed by atoms with Crippen molar-refractivity contribution >= 4 is 35.6 Å². The lowest BCUT2D eigenvalue weighted by Crippen LogP contribution is -2.59. The van der Waals surface area contributed by atoms with E-state index in [-0.39, 0.29) is 38.2 Å². The lowest BCUT2D eigenvalue weighted by molar-refractivity contribution is -0.143. The summed E-state index contributed by atoms with van der Waals surface area (Å²) in [5, 5.41) is 26.1. The molecule has 0 spiro atoms. The number of aliphatic carboxylic acids is 1. The number of aliphatic imine (C=N–C) groups is 1. The summed E-state index contributed by atoms with van der Waals surface area (Å²) in [6.07, 6.45) is -1.65. The van der Waals surface area contributed by atoms with E-state index in [9.17, 15) is 34.2 Å². The number of aliphatic hydroxyl groups excluding tert-OH is 1. The first-order valence-corrected chi connectivity index (χ1v) is 10.2. The number of guanidine groups is 1. The molecule has 0 aliphatic heterocycles. The average Bonchev–Trinajstić information content (AvgIpc) is 2.69. The summed E-state index contributed by atoms with van der Waals surface area (Å²) >= 11 is 0. The van der Waals surface area contributed by atoms with Crippen LogP contribution in [0.4, 0.5) is 0 Å². The molecule has 0 aromatic rings. The third-order valence-electron chi connectivity index (χ3n) is 4.35. The van der Waals surface area contributed by atoms with Crippen LogP contribution in [0, 0.1) is 0 Å². The van der Waals surface area contributed by atoms with E-state index in [0.717, 1.165) is 0 Å². The summed E-state index contributed by atoms with van der Waals surface area (Å²) in [4.78, 5) is 63.3. The largest absolute Gasteiger partial charge is 0.480 e. The molecule has 0 aliphatic carbocycles. The third-order valence-corrected chi connectivity index (χ3v) is 4.35. The number of primary amides is 1. The fourth-order valence-electron chi connectivity index (χ4n) is 2.54. The Morgan fingerprint density at radius 3 is 1.91 bits per heavy atom. The number of rotatable bonds is 15. The molecule has 0 bridgehead atoms. The van der Waals surface area contributed by atoms with Gasteiger partial charge in [0.15, 0.2) is 5.96 Å². The van der Waals surface area contributed by atoms with Crippen molar-refractivity contribution in [2.24, 2.45) is 27.9 Å². The standard InChI is InChI=1S/C18H34N8O7/c1-8(19)14(29)24-10(4-3-7-23-18(21)22)15(30)26-13(9(2)27)16(31)25-11(17(32)33)5-6-12(20)28/h8-11,13,27H,3-7,19H2,1-2H3,(H2,20,28)(H,24,29)(H,25,31)(H,26,30)(H,32,33)(H4,21,22,23). The van der Waals surface area contributed by atoms with Gasteiger partial charge in [-0.15, -0.1) is 0 Å². The number of amides is 4. The molecule has 0 rings (SSSR count). The van der Waals surface area contributed by atoms with Gasteiger partial charge in [-0.3, -0.25) is 24.2 Å². The van der Waals surface area contributed by atoms with E-state index in [1.807, 2.05) is 0 Å². The zero-order chi connectivity index (χ0) is 25.7. The van der Waals surface area contributed by atoms with E-state index in [2.05, 4.69) is 20.9 Å². The van der Waals surface area contributed by atoms with Crippen LogP contribution in [0.1, 0.15) is 39.5 Å². The van der Waals surface area contributed by atoms with Crippen LogP contribution in [0.3, 0.4) is 0 Å². The van der Waals surface area contributed by atoms with Crippen LogP contribution in [0.25, 0.3) is 0 Å². The molecule has 15 heteroatoms. The smallest absolute Gasteiger partial charge is 0.326 e. The fraction of sp³-hybridized carbons (Fsp3) is 0.667. The number of nitrogens with zero attached hydrogens (tertiary/aromatic N) is 1. The highest BCUT2D eigenvalue weighted by molar-refractivity contribution is 5.94. The quantitative estimate of drug-likeness (QED) is 0.0623. The predicted octanol–water partition coefficient (Wildman–Crippen LogP) is -4.43. The molecule has 33 heavy (non-hydrogen) atoms. The van der Waals surface area contributed by atoms with Crippen molar-refractivity contribution in [3.63, 3.8) is 0 Å². The molecule has 5 unspecified atom stereocenters. The first kappa shape index (κ1) is 29.5. The number of nitrogens with two attached hydrogens (primary N) is 4. The normalized spacial score (nSPS) is 15.2. The Balaban J connectivity index is 5.39. The van der Waals surface area contributed by atoms with Gasteiger partial charge in [0.2, 0.25) is 23.6 Å². The Kier molecular flexibility index (Phi) is 13.0. The van der Waals surface area contributed by atoms with Crippen molar-refractivity contribution in [3.8, 4) is 0 Å². The highest BCUT2D eigenvalue weighted by Gasteiger charge is 2.32. The number of carboxylic acid groups (broad SMARTS) is 1. The van der Waals surface area contributed by atoms with Gasteiger partial charge in [-0.1, -0.05) is 0 Å². The van der Waals surface area contributed by atoms with Crippen LogP contribution >= 0.6 is 0 Å². The summed E-state index contributed by atoms with van der Waals surface area (Å²) in [6.45, 7) is 2.78. The molecule has 0 radical (unpaired) electrons. The fourth-order valence-corrected chi connectivity index (χ4v) is 2.54. The number of nitrogens with one attached hydrogen (secondary N) is 3. The third kappa shape index (κ3) is 12.2. The molecular weight excluding hydrogens is 440 g/mol. The van der Waals surface area contributed by atoms with Crippen molar-refractivity contribution in [2.75, 3.05) is 6.54 Å². The molecule has 4 amide bonds. The number of carboxylic acids is 1. The van der Waals surface area contributed by atoms with E-state index in [1.54, 1.807) is 0 Å². The Bertz CT molecular complexity index is 737. The van der Waals surface area contributed by atoms with E-state index >= 15 is 0 Å². The van der Waals surface area contributed by atoms with E-state index in [4.69, 9.17) is 22.9 Å². The minimum atomic E-state index is -1.56. The van der Waals surface area contributed by atoms with Crippen molar-refractivity contribution in [2.45, 2.75) is 69.8 Å². The van der Waals surface area contributed by atoms with E-state index in [0.29, 0.717) is 0 Å². The maximum atomic E-state index is 12.8. The molecule has 0 saturated carbocycles. The van der Waals surface area contributed by atoms with Crippen LogP contribution in [-0.4, -0.2) is 82.6 Å². The van der Waals surface area contributed by atoms with Crippen molar-refractivity contribution in [3.05, 3.63) is 0 Å². The Morgan fingerprint density at radius 1 is 0.879 bits per heavy atom.